The number of halogens is 3. The van der Waals surface area contributed by atoms with E-state index in [2.05, 4.69) is 9.97 Å². The third-order valence-corrected chi connectivity index (χ3v) is 5.20. The molecule has 0 unspecified atom stereocenters. The average molecular weight is 445 g/mol. The van der Waals surface area contributed by atoms with E-state index >= 15 is 0 Å². The third-order valence-electron chi connectivity index (χ3n) is 4.96. The number of hydrogen-bond donors (Lipinski definition) is 0. The lowest BCUT2D eigenvalue weighted by Crippen LogP contribution is -2.49. The molecule has 1 amide bonds. The van der Waals surface area contributed by atoms with Crippen LogP contribution < -0.4 is 9.64 Å². The number of carbonyl (C=O) groups is 1. The van der Waals surface area contributed by atoms with E-state index in [1.54, 1.807) is 23.1 Å². The van der Waals surface area contributed by atoms with Crippen LogP contribution in [0, 0.1) is 11.6 Å². The zero-order valence-corrected chi connectivity index (χ0v) is 17.2. The highest BCUT2D eigenvalue weighted by atomic mass is 35.5. The van der Waals surface area contributed by atoms with Crippen LogP contribution in [-0.2, 0) is 11.2 Å². The zero-order chi connectivity index (χ0) is 21.8. The van der Waals surface area contributed by atoms with Crippen LogP contribution in [0.25, 0.3) is 0 Å². The largest absolute Gasteiger partial charge is 0.436 e. The number of nitrogens with zero attached hydrogens (tertiary/aromatic N) is 4. The Morgan fingerprint density at radius 1 is 1.00 bits per heavy atom. The van der Waals surface area contributed by atoms with Crippen molar-refractivity contribution in [1.82, 2.24) is 14.9 Å². The van der Waals surface area contributed by atoms with Gasteiger partial charge in [-0.05, 0) is 35.9 Å². The van der Waals surface area contributed by atoms with Crippen LogP contribution in [0.3, 0.4) is 0 Å². The molecule has 0 saturated carbocycles. The van der Waals surface area contributed by atoms with E-state index in [4.69, 9.17) is 16.3 Å². The van der Waals surface area contributed by atoms with E-state index in [9.17, 15) is 13.6 Å². The van der Waals surface area contributed by atoms with Gasteiger partial charge < -0.3 is 14.5 Å². The van der Waals surface area contributed by atoms with Crippen molar-refractivity contribution in [1.29, 1.82) is 0 Å². The maximum atomic E-state index is 14.0. The first kappa shape index (κ1) is 21.0. The molecule has 1 aliphatic rings. The number of carbonyl (C=O) groups excluding carboxylic acids is 1. The molecule has 2 aromatic carbocycles. The molecule has 0 aliphatic carbocycles. The monoisotopic (exact) mass is 444 g/mol. The number of amides is 1. The van der Waals surface area contributed by atoms with Crippen molar-refractivity contribution in [3.63, 3.8) is 0 Å². The van der Waals surface area contributed by atoms with E-state index in [0.29, 0.717) is 32.0 Å². The van der Waals surface area contributed by atoms with Crippen molar-refractivity contribution >= 4 is 23.3 Å². The highest BCUT2D eigenvalue weighted by molar-refractivity contribution is 6.30. The first-order valence-electron chi connectivity index (χ1n) is 9.70. The standard InChI is InChI=1S/C22H19ClF2N4O2/c23-16-3-6-19(18(25)12-16)31-21-13-20(26-14-27-21)28-7-9-29(10-8-28)22(30)11-15-1-4-17(24)5-2-15/h1-6,12-14H,7-11H2. The zero-order valence-electron chi connectivity index (χ0n) is 16.5. The molecule has 2 heterocycles. The number of aromatic nitrogens is 2. The summed E-state index contributed by atoms with van der Waals surface area (Å²) in [6.07, 6.45) is 1.59. The Labute approximate surface area is 183 Å². The van der Waals surface area contributed by atoms with Gasteiger partial charge in [0.15, 0.2) is 11.6 Å². The van der Waals surface area contributed by atoms with Gasteiger partial charge in [-0.3, -0.25) is 4.79 Å². The van der Waals surface area contributed by atoms with Crippen molar-refractivity contribution in [2.75, 3.05) is 31.1 Å². The number of anilines is 1. The number of hydrogen-bond acceptors (Lipinski definition) is 5. The second kappa shape index (κ2) is 9.26. The normalized spacial score (nSPS) is 13.9. The average Bonchev–Trinajstić information content (AvgIpc) is 2.77. The smallest absolute Gasteiger partial charge is 0.227 e. The maximum Gasteiger partial charge on any atom is 0.227 e. The fourth-order valence-electron chi connectivity index (χ4n) is 3.30. The Morgan fingerprint density at radius 3 is 2.45 bits per heavy atom. The highest BCUT2D eigenvalue weighted by Gasteiger charge is 2.22. The number of ether oxygens (including phenoxy) is 1. The summed E-state index contributed by atoms with van der Waals surface area (Å²) < 4.78 is 32.5. The topological polar surface area (TPSA) is 58.6 Å². The van der Waals surface area contributed by atoms with Gasteiger partial charge in [0.2, 0.25) is 11.8 Å². The summed E-state index contributed by atoms with van der Waals surface area (Å²) in [6, 6.07) is 11.7. The predicted octanol–water partition coefficient (Wildman–Crippen LogP) is 4.09. The first-order valence-corrected chi connectivity index (χ1v) is 10.1. The second-order valence-electron chi connectivity index (χ2n) is 7.06. The summed E-state index contributed by atoms with van der Waals surface area (Å²) in [4.78, 5) is 24.6. The molecule has 1 aliphatic heterocycles. The summed E-state index contributed by atoms with van der Waals surface area (Å²) in [5, 5.41) is 0.278. The lowest BCUT2D eigenvalue weighted by atomic mass is 10.1. The van der Waals surface area contributed by atoms with Gasteiger partial charge in [-0.2, -0.15) is 0 Å². The van der Waals surface area contributed by atoms with Gasteiger partial charge in [-0.15, -0.1) is 0 Å². The highest BCUT2D eigenvalue weighted by Crippen LogP contribution is 2.27. The van der Waals surface area contributed by atoms with Gasteiger partial charge >= 0.3 is 0 Å². The molecule has 1 saturated heterocycles. The second-order valence-corrected chi connectivity index (χ2v) is 7.50. The van der Waals surface area contributed by atoms with Crippen LogP contribution in [0.15, 0.2) is 54.9 Å². The van der Waals surface area contributed by atoms with Crippen LogP contribution in [0.5, 0.6) is 11.6 Å². The number of benzene rings is 2. The Balaban J connectivity index is 1.35. The lowest BCUT2D eigenvalue weighted by Gasteiger charge is -2.35. The molecule has 0 spiro atoms. The van der Waals surface area contributed by atoms with Gasteiger partial charge in [-0.1, -0.05) is 23.7 Å². The molecule has 31 heavy (non-hydrogen) atoms. The molecular weight excluding hydrogens is 426 g/mol. The van der Waals surface area contributed by atoms with Crippen LogP contribution in [-0.4, -0.2) is 47.0 Å². The fraction of sp³-hybridized carbons (Fsp3) is 0.227. The van der Waals surface area contributed by atoms with Crippen LogP contribution in [0.2, 0.25) is 5.02 Å². The van der Waals surface area contributed by atoms with Crippen molar-refractivity contribution < 1.29 is 18.3 Å². The minimum atomic E-state index is -0.582. The molecule has 1 fully saturated rings. The Morgan fingerprint density at radius 2 is 1.74 bits per heavy atom. The minimum absolute atomic E-state index is 0.00354. The molecule has 160 valence electrons. The molecule has 4 rings (SSSR count). The van der Waals surface area contributed by atoms with Crippen molar-refractivity contribution in [2.45, 2.75) is 6.42 Å². The summed E-state index contributed by atoms with van der Waals surface area (Å²) in [7, 11) is 0. The summed E-state index contributed by atoms with van der Waals surface area (Å²) in [5.74, 6) is -0.0507. The Hall–Kier alpha value is -3.26. The van der Waals surface area contributed by atoms with Crippen molar-refractivity contribution in [3.05, 3.63) is 77.1 Å². The molecule has 0 radical (unpaired) electrons. The van der Waals surface area contributed by atoms with Gasteiger partial charge in [0.1, 0.15) is 18.0 Å². The quantitative estimate of drug-likeness (QED) is 0.593. The lowest BCUT2D eigenvalue weighted by molar-refractivity contribution is -0.130. The summed E-state index contributed by atoms with van der Waals surface area (Å²) in [5.41, 5.74) is 0.779. The first-order chi connectivity index (χ1) is 15.0. The van der Waals surface area contributed by atoms with Crippen molar-refractivity contribution in [3.8, 4) is 11.6 Å². The molecule has 1 aromatic heterocycles. The SMILES string of the molecule is O=C(Cc1ccc(F)cc1)N1CCN(c2cc(Oc3ccc(Cl)cc3F)ncn2)CC1. The maximum absolute atomic E-state index is 14.0. The third kappa shape index (κ3) is 5.27. The number of rotatable bonds is 5. The van der Waals surface area contributed by atoms with E-state index in [-0.39, 0.29) is 34.8 Å². The van der Waals surface area contributed by atoms with E-state index in [1.165, 1.54) is 36.7 Å². The molecule has 3 aromatic rings. The van der Waals surface area contributed by atoms with E-state index < -0.39 is 5.82 Å². The fourth-order valence-corrected chi connectivity index (χ4v) is 3.46. The van der Waals surface area contributed by atoms with Crippen LogP contribution >= 0.6 is 11.6 Å². The molecule has 6 nitrogen and oxygen atoms in total. The molecular formula is C22H19ClF2N4O2. The van der Waals surface area contributed by atoms with Gasteiger partial charge in [0.25, 0.3) is 0 Å². The molecule has 0 atom stereocenters. The minimum Gasteiger partial charge on any atom is -0.436 e. The van der Waals surface area contributed by atoms with E-state index in [0.717, 1.165) is 5.56 Å². The Bertz CT molecular complexity index is 1070. The number of piperazine rings is 1. The summed E-state index contributed by atoms with van der Waals surface area (Å²) >= 11 is 5.76. The van der Waals surface area contributed by atoms with E-state index in [1.807, 2.05) is 4.90 Å². The van der Waals surface area contributed by atoms with Gasteiger partial charge in [0.05, 0.1) is 6.42 Å². The Kier molecular flexibility index (Phi) is 6.27. The van der Waals surface area contributed by atoms with Gasteiger partial charge in [0, 0.05) is 37.3 Å². The van der Waals surface area contributed by atoms with Gasteiger partial charge in [-0.25, -0.2) is 18.7 Å². The molecule has 9 heteroatoms. The molecule has 0 bridgehead atoms. The molecule has 0 N–H and O–H groups in total. The van der Waals surface area contributed by atoms with Crippen molar-refractivity contribution in [2.24, 2.45) is 0 Å². The predicted molar refractivity (Wildman–Crippen MR) is 112 cm³/mol. The summed E-state index contributed by atoms with van der Waals surface area (Å²) in [6.45, 7) is 2.24. The van der Waals surface area contributed by atoms with Crippen LogP contribution in [0.1, 0.15) is 5.56 Å². The van der Waals surface area contributed by atoms with Crippen LogP contribution in [0.4, 0.5) is 14.6 Å².